The largest absolute Gasteiger partial charge is 0.467 e. The van der Waals surface area contributed by atoms with E-state index in [9.17, 15) is 24.0 Å². The Kier molecular flexibility index (Phi) is 11.6. The normalized spacial score (nSPS) is 18.9. The Labute approximate surface area is 297 Å². The minimum atomic E-state index is -0.869. The van der Waals surface area contributed by atoms with Crippen molar-refractivity contribution in [2.75, 3.05) is 20.3 Å². The van der Waals surface area contributed by atoms with E-state index < -0.39 is 54.0 Å². The van der Waals surface area contributed by atoms with Gasteiger partial charge >= 0.3 is 12.1 Å². The molecule has 0 saturated carbocycles. The van der Waals surface area contributed by atoms with Crippen LogP contribution in [-0.4, -0.2) is 73.1 Å². The molecule has 12 heteroatoms. The van der Waals surface area contributed by atoms with Crippen molar-refractivity contribution in [2.45, 2.75) is 71.1 Å². The zero-order chi connectivity index (χ0) is 36.1. The maximum absolute atomic E-state index is 14.0. The molecule has 266 valence electrons. The predicted molar refractivity (Wildman–Crippen MR) is 190 cm³/mol. The van der Waals surface area contributed by atoms with E-state index in [-0.39, 0.29) is 36.8 Å². The van der Waals surface area contributed by atoms with Crippen LogP contribution in [-0.2, 0) is 28.7 Å². The molecule has 2 aromatic carbocycles. The summed E-state index contributed by atoms with van der Waals surface area (Å²) in [5.41, 5.74) is 4.47. The van der Waals surface area contributed by atoms with Crippen molar-refractivity contribution in [3.05, 3.63) is 82.0 Å². The summed E-state index contributed by atoms with van der Waals surface area (Å²) in [7, 11) is 1.25. The van der Waals surface area contributed by atoms with Crippen LogP contribution in [0.3, 0.4) is 0 Å². The second-order valence-corrected chi connectivity index (χ2v) is 14.3. The third-order valence-electron chi connectivity index (χ3n) is 9.85. The Morgan fingerprint density at radius 3 is 2.10 bits per heavy atom. The Morgan fingerprint density at radius 1 is 0.900 bits per heavy atom. The standard InChI is InChI=1S/C38H46N4O7S/c1-7-22(4)33(35(44)39-19-30(43)41-32(21(2)3)37(46)48-6)42-34(29-17-12-18-50-29)31(36(42)45)23(5)40-38(47)49-20-28-26-15-10-8-13-24(26)25-14-9-11-16-27(25)28/h8-18,21-23,28,31-34H,7,19-20H2,1-6H3,(H,39,44)(H,40,47)(H,41,43)/t22-,23-,31+,32-,33-,34+/m0/s1. The minimum Gasteiger partial charge on any atom is -0.467 e. The van der Waals surface area contributed by atoms with E-state index in [4.69, 9.17) is 9.47 Å². The van der Waals surface area contributed by atoms with Crippen LogP contribution in [0.4, 0.5) is 4.79 Å². The second kappa shape index (κ2) is 15.9. The summed E-state index contributed by atoms with van der Waals surface area (Å²) in [6.45, 7) is 8.93. The lowest BCUT2D eigenvalue weighted by molar-refractivity contribution is -0.169. The molecule has 0 radical (unpaired) electrons. The number of ether oxygens (including phenoxy) is 2. The first kappa shape index (κ1) is 36.6. The quantitative estimate of drug-likeness (QED) is 0.158. The van der Waals surface area contributed by atoms with E-state index in [1.54, 1.807) is 25.7 Å². The van der Waals surface area contributed by atoms with Gasteiger partial charge in [0.1, 0.15) is 18.7 Å². The fourth-order valence-corrected chi connectivity index (χ4v) is 7.90. The van der Waals surface area contributed by atoms with Crippen LogP contribution < -0.4 is 16.0 Å². The van der Waals surface area contributed by atoms with Gasteiger partial charge < -0.3 is 30.3 Å². The van der Waals surface area contributed by atoms with Crippen molar-refractivity contribution in [2.24, 2.45) is 17.8 Å². The lowest BCUT2D eigenvalue weighted by Gasteiger charge is -2.53. The number of nitrogens with zero attached hydrogens (tertiary/aromatic N) is 1. The van der Waals surface area contributed by atoms with E-state index in [0.29, 0.717) is 6.42 Å². The molecule has 0 bridgehead atoms. The first-order chi connectivity index (χ1) is 24.0. The summed E-state index contributed by atoms with van der Waals surface area (Å²) < 4.78 is 10.6. The molecule has 1 fully saturated rings. The summed E-state index contributed by atoms with van der Waals surface area (Å²) in [6.07, 6.45) is -0.0225. The number of nitrogens with one attached hydrogen (secondary N) is 3. The van der Waals surface area contributed by atoms with Gasteiger partial charge in [0, 0.05) is 16.8 Å². The average molecular weight is 703 g/mol. The molecule has 3 N–H and O–H groups in total. The van der Waals surface area contributed by atoms with Crippen molar-refractivity contribution in [3.63, 3.8) is 0 Å². The summed E-state index contributed by atoms with van der Waals surface area (Å²) in [5.74, 6) is -3.07. The summed E-state index contributed by atoms with van der Waals surface area (Å²) in [4.78, 5) is 68.3. The van der Waals surface area contributed by atoms with E-state index >= 15 is 0 Å². The lowest BCUT2D eigenvalue weighted by Crippen LogP contribution is -2.68. The third kappa shape index (κ3) is 7.40. The van der Waals surface area contributed by atoms with Gasteiger partial charge in [-0.15, -0.1) is 11.3 Å². The molecule has 11 nitrogen and oxygen atoms in total. The molecule has 1 aliphatic heterocycles. The molecule has 3 aromatic rings. The summed E-state index contributed by atoms with van der Waals surface area (Å²) in [5, 5.41) is 10.1. The zero-order valence-electron chi connectivity index (χ0n) is 29.3. The fourth-order valence-electron chi connectivity index (χ4n) is 7.03. The number of amides is 4. The minimum absolute atomic E-state index is 0.100. The molecule has 1 aromatic heterocycles. The van der Waals surface area contributed by atoms with Crippen molar-refractivity contribution in [1.82, 2.24) is 20.9 Å². The molecule has 50 heavy (non-hydrogen) atoms. The molecule has 1 aliphatic carbocycles. The lowest BCUT2D eigenvalue weighted by atomic mass is 9.77. The van der Waals surface area contributed by atoms with Crippen LogP contribution in [0.2, 0.25) is 0 Å². The van der Waals surface area contributed by atoms with Crippen LogP contribution in [0.25, 0.3) is 11.1 Å². The van der Waals surface area contributed by atoms with E-state index in [0.717, 1.165) is 27.1 Å². The van der Waals surface area contributed by atoms with E-state index in [1.165, 1.54) is 18.4 Å². The Bertz CT molecular complexity index is 1660. The first-order valence-electron chi connectivity index (χ1n) is 17.1. The van der Waals surface area contributed by atoms with Crippen molar-refractivity contribution < 1.29 is 33.4 Å². The van der Waals surface area contributed by atoms with Crippen LogP contribution >= 0.6 is 11.3 Å². The number of methoxy groups -OCH3 is 1. The van der Waals surface area contributed by atoms with Gasteiger partial charge in [-0.3, -0.25) is 14.4 Å². The highest BCUT2D eigenvalue weighted by atomic mass is 32.1. The van der Waals surface area contributed by atoms with Gasteiger partial charge in [0.25, 0.3) is 0 Å². The van der Waals surface area contributed by atoms with Gasteiger partial charge in [-0.05, 0) is 52.5 Å². The molecule has 2 aliphatic rings. The van der Waals surface area contributed by atoms with Gasteiger partial charge in [-0.25, -0.2) is 9.59 Å². The number of hydrogen-bond acceptors (Lipinski definition) is 8. The van der Waals surface area contributed by atoms with Crippen LogP contribution in [0.1, 0.15) is 69.0 Å². The Morgan fingerprint density at radius 2 is 1.54 bits per heavy atom. The smallest absolute Gasteiger partial charge is 0.407 e. The molecular weight excluding hydrogens is 657 g/mol. The number of likely N-dealkylation sites (tertiary alicyclic amines) is 1. The maximum Gasteiger partial charge on any atom is 0.407 e. The monoisotopic (exact) mass is 702 g/mol. The number of rotatable bonds is 14. The fraction of sp³-hybridized carbons (Fsp3) is 0.447. The average Bonchev–Trinajstić information content (AvgIpc) is 3.75. The van der Waals surface area contributed by atoms with Crippen LogP contribution in [0, 0.1) is 17.8 Å². The molecule has 4 amide bonds. The molecule has 1 saturated heterocycles. The van der Waals surface area contributed by atoms with Crippen molar-refractivity contribution in [1.29, 1.82) is 0 Å². The third-order valence-corrected chi connectivity index (χ3v) is 10.8. The van der Waals surface area contributed by atoms with E-state index in [1.807, 2.05) is 55.6 Å². The van der Waals surface area contributed by atoms with Gasteiger partial charge in [0.2, 0.25) is 17.7 Å². The molecule has 2 heterocycles. The molecular formula is C38H46N4O7S. The topological polar surface area (TPSA) is 143 Å². The highest BCUT2D eigenvalue weighted by molar-refractivity contribution is 7.10. The molecule has 0 unspecified atom stereocenters. The van der Waals surface area contributed by atoms with Crippen molar-refractivity contribution in [3.8, 4) is 11.1 Å². The van der Waals surface area contributed by atoms with Crippen LogP contribution in [0.5, 0.6) is 0 Å². The highest BCUT2D eigenvalue weighted by Crippen LogP contribution is 2.47. The molecule has 6 atom stereocenters. The van der Waals surface area contributed by atoms with E-state index in [2.05, 4.69) is 40.2 Å². The number of hydrogen-bond donors (Lipinski definition) is 3. The molecule has 5 rings (SSSR count). The van der Waals surface area contributed by atoms with Gasteiger partial charge in [0.15, 0.2) is 0 Å². The van der Waals surface area contributed by atoms with Gasteiger partial charge in [-0.2, -0.15) is 0 Å². The zero-order valence-corrected chi connectivity index (χ0v) is 30.1. The summed E-state index contributed by atoms with van der Waals surface area (Å²) >= 11 is 1.47. The Hall–Kier alpha value is -4.71. The number of carbonyl (C=O) groups excluding carboxylic acids is 5. The first-order valence-corrected chi connectivity index (χ1v) is 18.0. The van der Waals surface area contributed by atoms with Gasteiger partial charge in [-0.1, -0.05) is 88.7 Å². The number of benzene rings is 2. The number of β-lactam (4-membered cyclic amide) rings is 1. The van der Waals surface area contributed by atoms with Gasteiger partial charge in [0.05, 0.1) is 25.6 Å². The number of esters is 1. The van der Waals surface area contributed by atoms with Crippen LogP contribution in [0.15, 0.2) is 66.0 Å². The number of carbonyl (C=O) groups is 5. The predicted octanol–water partition coefficient (Wildman–Crippen LogP) is 5.02. The molecule has 0 spiro atoms. The second-order valence-electron chi connectivity index (χ2n) is 13.4. The Balaban J connectivity index is 1.26. The highest BCUT2D eigenvalue weighted by Gasteiger charge is 2.56. The van der Waals surface area contributed by atoms with Crippen molar-refractivity contribution >= 4 is 41.1 Å². The SMILES string of the molecule is CC[C@H](C)[C@@H](C(=O)NCC(=O)N[C@H](C(=O)OC)C(C)C)N1C(=O)[C@H]([C@H](C)NC(=O)OCC2c3ccccc3-c3ccccc32)[C@H]1c1cccs1. The number of thiophene rings is 1. The maximum atomic E-state index is 14.0. The summed E-state index contributed by atoms with van der Waals surface area (Å²) in [6, 6.07) is 17.2. The number of fused-ring (bicyclic) bond motifs is 3. The number of alkyl carbamates (subject to hydrolysis) is 1.